The third-order valence-corrected chi connectivity index (χ3v) is 6.17. The average Bonchev–Trinajstić information content (AvgIpc) is 3.15. The van der Waals surface area contributed by atoms with Gasteiger partial charge in [-0.1, -0.05) is 60.7 Å². The smallest absolute Gasteiger partial charge is 0.285 e. The Morgan fingerprint density at radius 2 is 1.23 bits per heavy atom. The van der Waals surface area contributed by atoms with Gasteiger partial charge in [-0.3, -0.25) is 19.0 Å². The Kier molecular flexibility index (Phi) is 5.74. The number of imide groups is 1. The van der Waals surface area contributed by atoms with Crippen LogP contribution in [0.15, 0.2) is 89.7 Å². The molecular weight excluding hydrogens is 440 g/mol. The Hall–Kier alpha value is -4.52. The molecule has 7 nitrogen and oxygen atoms in total. The molecule has 1 aromatic heterocycles. The van der Waals surface area contributed by atoms with E-state index < -0.39 is 17.4 Å². The molecule has 2 amide bonds. The van der Waals surface area contributed by atoms with Crippen LogP contribution in [0.3, 0.4) is 0 Å². The lowest BCUT2D eigenvalue weighted by Crippen LogP contribution is -2.40. The van der Waals surface area contributed by atoms with Crippen molar-refractivity contribution in [1.29, 1.82) is 0 Å². The van der Waals surface area contributed by atoms with Crippen LogP contribution in [0.5, 0.6) is 0 Å². The van der Waals surface area contributed by atoms with Crippen molar-refractivity contribution in [2.24, 2.45) is 0 Å². The Labute approximate surface area is 202 Å². The Morgan fingerprint density at radius 3 is 1.77 bits per heavy atom. The van der Waals surface area contributed by atoms with Gasteiger partial charge < -0.3 is 4.90 Å². The Balaban J connectivity index is 1.86. The van der Waals surface area contributed by atoms with Crippen LogP contribution >= 0.6 is 0 Å². The molecule has 4 aromatic rings. The molecule has 0 saturated carbocycles. The van der Waals surface area contributed by atoms with E-state index in [2.05, 4.69) is 0 Å². The average molecular weight is 465 g/mol. The van der Waals surface area contributed by atoms with Crippen molar-refractivity contribution in [1.82, 2.24) is 9.55 Å². The second-order valence-corrected chi connectivity index (χ2v) is 8.11. The molecule has 3 aromatic carbocycles. The zero-order chi connectivity index (χ0) is 24.5. The van der Waals surface area contributed by atoms with E-state index in [4.69, 9.17) is 4.98 Å². The van der Waals surface area contributed by atoms with E-state index in [0.29, 0.717) is 30.4 Å². The van der Waals surface area contributed by atoms with Crippen LogP contribution in [-0.2, 0) is 0 Å². The predicted octanol–water partition coefficient (Wildman–Crippen LogP) is 4.55. The molecule has 0 unspecified atom stereocenters. The number of fused-ring (bicyclic) bond motifs is 1. The number of carbonyl (C=O) groups excluding carboxylic acids is 2. The SMILES string of the molecule is CCN(CC)c1nc(-c2ccccc2)n(-c2ccccc2)c(=O)c1N1C(=O)c2ccccc2C1=O. The van der Waals surface area contributed by atoms with Crippen molar-refractivity contribution in [2.75, 3.05) is 22.9 Å². The van der Waals surface area contributed by atoms with Gasteiger partial charge in [0.1, 0.15) is 5.82 Å². The van der Waals surface area contributed by atoms with Gasteiger partial charge >= 0.3 is 0 Å². The number of para-hydroxylation sites is 1. The van der Waals surface area contributed by atoms with Crippen LogP contribution in [0.4, 0.5) is 11.5 Å². The van der Waals surface area contributed by atoms with Crippen LogP contribution in [-0.4, -0.2) is 34.5 Å². The molecule has 7 heteroatoms. The fourth-order valence-electron chi connectivity index (χ4n) is 4.43. The lowest BCUT2D eigenvalue weighted by atomic mass is 10.1. The van der Waals surface area contributed by atoms with Crippen molar-refractivity contribution in [3.8, 4) is 17.1 Å². The largest absolute Gasteiger partial charge is 0.355 e. The summed E-state index contributed by atoms with van der Waals surface area (Å²) in [5, 5.41) is 0. The zero-order valence-electron chi connectivity index (χ0n) is 19.5. The molecule has 1 aliphatic heterocycles. The van der Waals surface area contributed by atoms with E-state index in [1.807, 2.05) is 67.3 Å². The summed E-state index contributed by atoms with van der Waals surface area (Å²) in [6.45, 7) is 4.98. The Morgan fingerprint density at radius 1 is 0.714 bits per heavy atom. The van der Waals surface area contributed by atoms with Crippen LogP contribution in [0.1, 0.15) is 34.6 Å². The first-order valence-electron chi connectivity index (χ1n) is 11.6. The van der Waals surface area contributed by atoms with E-state index in [1.165, 1.54) is 4.57 Å². The van der Waals surface area contributed by atoms with Crippen LogP contribution in [0, 0.1) is 0 Å². The fourth-order valence-corrected chi connectivity index (χ4v) is 4.43. The van der Waals surface area contributed by atoms with Crippen molar-refractivity contribution in [3.05, 3.63) is 106 Å². The number of aromatic nitrogens is 2. The molecule has 1 aliphatic rings. The van der Waals surface area contributed by atoms with Gasteiger partial charge in [-0.05, 0) is 38.1 Å². The molecule has 2 heterocycles. The minimum Gasteiger partial charge on any atom is -0.355 e. The molecule has 0 atom stereocenters. The van der Waals surface area contributed by atoms with Gasteiger partial charge in [-0.25, -0.2) is 9.88 Å². The lowest BCUT2D eigenvalue weighted by molar-refractivity contribution is 0.0925. The third kappa shape index (κ3) is 3.61. The van der Waals surface area contributed by atoms with Gasteiger partial charge in [0.05, 0.1) is 16.8 Å². The van der Waals surface area contributed by atoms with Crippen molar-refractivity contribution >= 4 is 23.3 Å². The highest BCUT2D eigenvalue weighted by Crippen LogP contribution is 2.34. The van der Waals surface area contributed by atoms with E-state index in [0.717, 1.165) is 10.5 Å². The van der Waals surface area contributed by atoms with Gasteiger partial charge in [0.2, 0.25) is 0 Å². The highest BCUT2D eigenvalue weighted by atomic mass is 16.2. The number of amides is 2. The first kappa shape index (κ1) is 22.3. The quantitative estimate of drug-likeness (QED) is 0.392. The number of hydrogen-bond donors (Lipinski definition) is 0. The summed E-state index contributed by atoms with van der Waals surface area (Å²) < 4.78 is 1.47. The molecular formula is C28H24N4O3. The van der Waals surface area contributed by atoms with E-state index in [1.54, 1.807) is 36.4 Å². The number of anilines is 2. The highest BCUT2D eigenvalue weighted by Gasteiger charge is 2.41. The van der Waals surface area contributed by atoms with Gasteiger partial charge in [0, 0.05) is 18.7 Å². The van der Waals surface area contributed by atoms with Gasteiger partial charge in [-0.15, -0.1) is 0 Å². The van der Waals surface area contributed by atoms with Crippen molar-refractivity contribution < 1.29 is 9.59 Å². The summed E-state index contributed by atoms with van der Waals surface area (Å²) in [5.74, 6) is -0.306. The molecule has 0 saturated heterocycles. The van der Waals surface area contributed by atoms with E-state index >= 15 is 0 Å². The standard InChI is InChI=1S/C28H24N4O3/c1-3-30(4-2)25-23(32-26(33)21-17-11-12-18-22(21)27(32)34)28(35)31(20-15-9-6-10-16-20)24(29-25)19-13-7-5-8-14-19/h5-18H,3-4H2,1-2H3. The van der Waals surface area contributed by atoms with Gasteiger partial charge in [-0.2, -0.15) is 0 Å². The summed E-state index contributed by atoms with van der Waals surface area (Å²) in [4.78, 5) is 49.0. The number of nitrogens with zero attached hydrogens (tertiary/aromatic N) is 4. The second kappa shape index (κ2) is 9.02. The second-order valence-electron chi connectivity index (χ2n) is 8.11. The minimum absolute atomic E-state index is 0.0385. The summed E-state index contributed by atoms with van der Waals surface area (Å²) in [5.41, 5.74) is 1.37. The summed E-state index contributed by atoms with van der Waals surface area (Å²) in [6, 6.07) is 25.2. The number of carbonyl (C=O) groups is 2. The normalized spacial score (nSPS) is 12.7. The summed E-state index contributed by atoms with van der Waals surface area (Å²) >= 11 is 0. The lowest BCUT2D eigenvalue weighted by Gasteiger charge is -2.27. The van der Waals surface area contributed by atoms with E-state index in [9.17, 15) is 14.4 Å². The maximum absolute atomic E-state index is 14.3. The maximum Gasteiger partial charge on any atom is 0.285 e. The van der Waals surface area contributed by atoms with Crippen LogP contribution < -0.4 is 15.4 Å². The topological polar surface area (TPSA) is 75.5 Å². The highest BCUT2D eigenvalue weighted by molar-refractivity contribution is 6.35. The molecule has 5 rings (SSSR count). The third-order valence-electron chi connectivity index (χ3n) is 6.17. The summed E-state index contributed by atoms with van der Waals surface area (Å²) in [6.07, 6.45) is 0. The van der Waals surface area contributed by atoms with Crippen LogP contribution in [0.25, 0.3) is 17.1 Å². The number of benzene rings is 3. The molecule has 35 heavy (non-hydrogen) atoms. The molecule has 0 radical (unpaired) electrons. The monoisotopic (exact) mass is 464 g/mol. The summed E-state index contributed by atoms with van der Waals surface area (Å²) in [7, 11) is 0. The zero-order valence-corrected chi connectivity index (χ0v) is 19.5. The molecule has 0 spiro atoms. The van der Waals surface area contributed by atoms with E-state index in [-0.39, 0.29) is 16.8 Å². The maximum atomic E-state index is 14.3. The molecule has 174 valence electrons. The first-order chi connectivity index (χ1) is 17.1. The molecule has 0 fully saturated rings. The minimum atomic E-state index is -0.523. The fraction of sp³-hybridized carbons (Fsp3) is 0.143. The first-order valence-corrected chi connectivity index (χ1v) is 11.6. The predicted molar refractivity (Wildman–Crippen MR) is 136 cm³/mol. The molecule has 0 bridgehead atoms. The Bertz CT molecular complexity index is 1440. The van der Waals surface area contributed by atoms with Gasteiger partial charge in [0.25, 0.3) is 17.4 Å². The molecule has 0 aliphatic carbocycles. The van der Waals surface area contributed by atoms with Gasteiger partial charge in [0.15, 0.2) is 11.5 Å². The number of rotatable bonds is 6. The van der Waals surface area contributed by atoms with Crippen molar-refractivity contribution in [3.63, 3.8) is 0 Å². The van der Waals surface area contributed by atoms with Crippen molar-refractivity contribution in [2.45, 2.75) is 13.8 Å². The number of hydrogen-bond acceptors (Lipinski definition) is 5. The van der Waals surface area contributed by atoms with Crippen LogP contribution in [0.2, 0.25) is 0 Å². The molecule has 0 N–H and O–H groups in total.